The van der Waals surface area contributed by atoms with Crippen molar-refractivity contribution in [2.75, 3.05) is 26.3 Å². The molecule has 1 rings (SSSR count). The summed E-state index contributed by atoms with van der Waals surface area (Å²) < 4.78 is 5.10. The molecule has 0 aromatic heterocycles. The van der Waals surface area contributed by atoms with Crippen molar-refractivity contribution in [2.24, 2.45) is 0 Å². The second-order valence-electron chi connectivity index (χ2n) is 2.68. The molecule has 0 radical (unpaired) electrons. The quantitative estimate of drug-likeness (QED) is 0.448. The van der Waals surface area contributed by atoms with Crippen LogP contribution in [-0.4, -0.2) is 36.1 Å². The zero-order chi connectivity index (χ0) is 8.97. The van der Waals surface area contributed by atoms with Gasteiger partial charge in [0.25, 0.3) is 5.70 Å². The van der Waals surface area contributed by atoms with Gasteiger partial charge in [-0.25, -0.2) is 0 Å². The van der Waals surface area contributed by atoms with E-state index in [4.69, 9.17) is 4.74 Å². The minimum Gasteiger partial charge on any atom is -0.378 e. The zero-order valence-electron chi connectivity index (χ0n) is 7.02. The van der Waals surface area contributed by atoms with E-state index < -0.39 is 0 Å². The van der Waals surface area contributed by atoms with Crippen molar-refractivity contribution < 1.29 is 9.66 Å². The molecule has 5 nitrogen and oxygen atoms in total. The Morgan fingerprint density at radius 2 is 2.17 bits per heavy atom. The average molecular weight is 172 g/mol. The lowest BCUT2D eigenvalue weighted by Gasteiger charge is -2.24. The van der Waals surface area contributed by atoms with Crippen LogP contribution in [0.5, 0.6) is 0 Å². The van der Waals surface area contributed by atoms with Gasteiger partial charge in [0.1, 0.15) is 0 Å². The predicted molar refractivity (Wildman–Crippen MR) is 43.1 cm³/mol. The van der Waals surface area contributed by atoms with Gasteiger partial charge in [-0.1, -0.05) is 0 Å². The van der Waals surface area contributed by atoms with Gasteiger partial charge >= 0.3 is 0 Å². The number of morpholine rings is 1. The highest BCUT2D eigenvalue weighted by Gasteiger charge is 2.10. The topological polar surface area (TPSA) is 55.6 Å². The zero-order valence-corrected chi connectivity index (χ0v) is 7.02. The molecule has 1 saturated heterocycles. The van der Waals surface area contributed by atoms with Crippen molar-refractivity contribution in [1.29, 1.82) is 0 Å². The normalized spacial score (nSPS) is 19.4. The molecule has 0 amide bonds. The molecular formula is C7H12N2O3. The maximum Gasteiger partial charge on any atom is 0.258 e. The van der Waals surface area contributed by atoms with Gasteiger partial charge in [0.05, 0.1) is 24.3 Å². The average Bonchev–Trinajstić information content (AvgIpc) is 2.06. The molecule has 0 aromatic rings. The lowest BCUT2D eigenvalue weighted by atomic mass is 10.4. The van der Waals surface area contributed by atoms with Crippen LogP contribution in [-0.2, 0) is 4.74 Å². The van der Waals surface area contributed by atoms with Crippen LogP contribution < -0.4 is 0 Å². The first kappa shape index (κ1) is 8.99. The third-order valence-corrected chi connectivity index (χ3v) is 1.70. The molecule has 0 bridgehead atoms. The Morgan fingerprint density at radius 3 is 2.67 bits per heavy atom. The van der Waals surface area contributed by atoms with Crippen molar-refractivity contribution in [1.82, 2.24) is 4.90 Å². The minimum atomic E-state index is -0.380. The fourth-order valence-electron chi connectivity index (χ4n) is 1.02. The third kappa shape index (κ3) is 2.50. The lowest BCUT2D eigenvalue weighted by Crippen LogP contribution is -2.32. The standard InChI is InChI=1S/C7H12N2O3/c1-7(9(10)11)6-8-2-4-12-5-3-8/h6H,2-5H2,1H3. The molecule has 5 heteroatoms. The molecule has 1 fully saturated rings. The fourth-order valence-corrected chi connectivity index (χ4v) is 1.02. The van der Waals surface area contributed by atoms with Crippen LogP contribution in [0, 0.1) is 10.1 Å². The van der Waals surface area contributed by atoms with Crippen molar-refractivity contribution >= 4 is 0 Å². The summed E-state index contributed by atoms with van der Waals surface area (Å²) in [6.07, 6.45) is 1.57. The Balaban J connectivity index is 2.47. The molecule has 0 spiro atoms. The first-order valence-corrected chi connectivity index (χ1v) is 3.85. The van der Waals surface area contributed by atoms with Crippen molar-refractivity contribution in [3.63, 3.8) is 0 Å². The summed E-state index contributed by atoms with van der Waals surface area (Å²) in [5.41, 5.74) is 0.178. The number of nitro groups is 1. The summed E-state index contributed by atoms with van der Waals surface area (Å²) in [5, 5.41) is 10.3. The van der Waals surface area contributed by atoms with E-state index in [1.807, 2.05) is 4.90 Å². The van der Waals surface area contributed by atoms with Gasteiger partial charge in [-0.05, 0) is 0 Å². The lowest BCUT2D eigenvalue weighted by molar-refractivity contribution is -0.425. The largest absolute Gasteiger partial charge is 0.378 e. The van der Waals surface area contributed by atoms with Gasteiger partial charge in [0.2, 0.25) is 0 Å². The van der Waals surface area contributed by atoms with E-state index >= 15 is 0 Å². The SMILES string of the molecule is CC(=CN1CCOCC1)[N+](=O)[O-]. The van der Waals surface area contributed by atoms with Gasteiger partial charge in [-0.2, -0.15) is 0 Å². The van der Waals surface area contributed by atoms with Crippen LogP contribution in [0.4, 0.5) is 0 Å². The number of hydrogen-bond donors (Lipinski definition) is 0. The number of rotatable bonds is 2. The van der Waals surface area contributed by atoms with Gasteiger partial charge < -0.3 is 9.64 Å². The number of nitrogens with zero attached hydrogens (tertiary/aromatic N) is 2. The van der Waals surface area contributed by atoms with Gasteiger partial charge in [-0.15, -0.1) is 0 Å². The maximum absolute atomic E-state index is 10.3. The Morgan fingerprint density at radius 1 is 1.58 bits per heavy atom. The molecule has 0 saturated carbocycles. The predicted octanol–water partition coefficient (Wildman–Crippen LogP) is 0.457. The molecule has 1 aliphatic heterocycles. The minimum absolute atomic E-state index is 0.178. The summed E-state index contributed by atoms with van der Waals surface area (Å²) in [5.74, 6) is 0. The Hall–Kier alpha value is -1.10. The maximum atomic E-state index is 10.3. The first-order chi connectivity index (χ1) is 5.70. The van der Waals surface area contributed by atoms with Gasteiger partial charge in [0, 0.05) is 20.0 Å². The first-order valence-electron chi connectivity index (χ1n) is 3.85. The van der Waals surface area contributed by atoms with Crippen molar-refractivity contribution in [2.45, 2.75) is 6.92 Å². The molecule has 1 heterocycles. The summed E-state index contributed by atoms with van der Waals surface area (Å²) in [4.78, 5) is 11.8. The molecule has 68 valence electrons. The second-order valence-corrected chi connectivity index (χ2v) is 2.68. The molecular weight excluding hydrogens is 160 g/mol. The van der Waals surface area contributed by atoms with Gasteiger partial charge in [-0.3, -0.25) is 10.1 Å². The fraction of sp³-hybridized carbons (Fsp3) is 0.714. The van der Waals surface area contributed by atoms with Crippen LogP contribution in [0.2, 0.25) is 0 Å². The number of hydrogen-bond acceptors (Lipinski definition) is 4. The van der Waals surface area contributed by atoms with E-state index in [-0.39, 0.29) is 10.6 Å². The summed E-state index contributed by atoms with van der Waals surface area (Å²) in [7, 11) is 0. The third-order valence-electron chi connectivity index (χ3n) is 1.70. The Kier molecular flexibility index (Phi) is 3.04. The van der Waals surface area contributed by atoms with E-state index in [9.17, 15) is 10.1 Å². The van der Waals surface area contributed by atoms with Crippen LogP contribution >= 0.6 is 0 Å². The summed E-state index contributed by atoms with van der Waals surface area (Å²) >= 11 is 0. The highest BCUT2D eigenvalue weighted by molar-refractivity contribution is 4.87. The molecule has 1 aliphatic rings. The Bertz CT molecular complexity index is 197. The number of allylic oxidation sites excluding steroid dienone is 1. The molecule has 0 atom stereocenters. The van der Waals surface area contributed by atoms with Gasteiger partial charge in [0.15, 0.2) is 0 Å². The molecule has 0 aliphatic carbocycles. The van der Waals surface area contributed by atoms with Crippen molar-refractivity contribution in [3.05, 3.63) is 22.0 Å². The Labute approximate surface area is 70.8 Å². The summed E-state index contributed by atoms with van der Waals surface area (Å²) in [6.45, 7) is 4.29. The van der Waals surface area contributed by atoms with E-state index in [1.54, 1.807) is 6.20 Å². The van der Waals surface area contributed by atoms with E-state index in [0.717, 1.165) is 13.1 Å². The van der Waals surface area contributed by atoms with Crippen LogP contribution in [0.15, 0.2) is 11.9 Å². The molecule has 12 heavy (non-hydrogen) atoms. The highest BCUT2D eigenvalue weighted by Crippen LogP contribution is 2.01. The monoisotopic (exact) mass is 172 g/mol. The second kappa shape index (κ2) is 4.06. The van der Waals surface area contributed by atoms with Crippen molar-refractivity contribution in [3.8, 4) is 0 Å². The van der Waals surface area contributed by atoms with E-state index in [1.165, 1.54) is 6.92 Å². The van der Waals surface area contributed by atoms with E-state index in [2.05, 4.69) is 0 Å². The smallest absolute Gasteiger partial charge is 0.258 e. The van der Waals surface area contributed by atoms with Crippen LogP contribution in [0.1, 0.15) is 6.92 Å². The molecule has 0 unspecified atom stereocenters. The molecule has 0 N–H and O–H groups in total. The highest BCUT2D eigenvalue weighted by atomic mass is 16.6. The van der Waals surface area contributed by atoms with E-state index in [0.29, 0.717) is 13.2 Å². The van der Waals surface area contributed by atoms with Crippen LogP contribution in [0.3, 0.4) is 0 Å². The van der Waals surface area contributed by atoms with Crippen LogP contribution in [0.25, 0.3) is 0 Å². The molecule has 0 aromatic carbocycles. The number of ether oxygens (including phenoxy) is 1. The summed E-state index contributed by atoms with van der Waals surface area (Å²) in [6, 6.07) is 0.